The molecule has 102 valence electrons. The molecule has 0 aromatic carbocycles. The Bertz CT molecular complexity index is 320. The van der Waals surface area contributed by atoms with Gasteiger partial charge in [-0.2, -0.15) is 0 Å². The minimum Gasteiger partial charge on any atom is -0.539 e. The molecule has 0 bridgehead atoms. The third kappa shape index (κ3) is 6.57. The van der Waals surface area contributed by atoms with E-state index < -0.39 is 24.0 Å². The lowest BCUT2D eigenvalue weighted by atomic mass is 11.1. The highest BCUT2D eigenvalue weighted by Crippen LogP contribution is 2.56. The Hall–Kier alpha value is 0.124. The van der Waals surface area contributed by atoms with Crippen molar-refractivity contribution in [1.29, 1.82) is 0 Å². The molecule has 4 nitrogen and oxygen atoms in total. The van der Waals surface area contributed by atoms with E-state index in [1.807, 2.05) is 25.3 Å². The second-order valence-corrected chi connectivity index (χ2v) is 17.5. The van der Waals surface area contributed by atoms with Crippen LogP contribution in [-0.4, -0.2) is 30.6 Å². The average Bonchev–Trinajstić information content (AvgIpc) is 2.11. The maximum Gasteiger partial charge on any atom is 0.393 e. The Labute approximate surface area is 107 Å². The molecule has 0 spiro atoms. The molecule has 0 saturated carbocycles. The van der Waals surface area contributed by atoms with Gasteiger partial charge in [0.15, 0.2) is 5.50 Å². The quantitative estimate of drug-likeness (QED) is 0.421. The maximum absolute atomic E-state index is 12.4. The molecule has 0 unspecified atom stereocenters. The summed E-state index contributed by atoms with van der Waals surface area (Å²) >= 11 is 0. The number of rotatable bonds is 6. The van der Waals surface area contributed by atoms with Crippen molar-refractivity contribution < 1.29 is 18.0 Å². The van der Waals surface area contributed by atoms with Gasteiger partial charge in [0.1, 0.15) is 0 Å². The van der Waals surface area contributed by atoms with Gasteiger partial charge in [0.2, 0.25) is 8.32 Å². The predicted octanol–water partition coefficient (Wildman–Crippen LogP) is 4.04. The number of hydrogen-bond acceptors (Lipinski definition) is 4. The van der Waals surface area contributed by atoms with Crippen molar-refractivity contribution in [1.82, 2.24) is 0 Å². The Morgan fingerprint density at radius 3 is 1.65 bits per heavy atom. The average molecular weight is 296 g/mol. The highest BCUT2D eigenvalue weighted by Gasteiger charge is 2.34. The molecule has 0 amide bonds. The molecular formula is C10H25O4PSi2. The largest absolute Gasteiger partial charge is 0.539 e. The first-order chi connectivity index (χ1) is 7.43. The molecule has 7 heteroatoms. The molecule has 0 aliphatic carbocycles. The lowest BCUT2D eigenvalue weighted by Crippen LogP contribution is -2.27. The van der Waals surface area contributed by atoms with Gasteiger partial charge in [0.25, 0.3) is 0 Å². The van der Waals surface area contributed by atoms with Crippen molar-refractivity contribution in [3.8, 4) is 0 Å². The van der Waals surface area contributed by atoms with Crippen LogP contribution < -0.4 is 0 Å². The maximum atomic E-state index is 12.4. The van der Waals surface area contributed by atoms with E-state index in [9.17, 15) is 4.57 Å². The van der Waals surface area contributed by atoms with Crippen LogP contribution in [0.3, 0.4) is 0 Å². The Balaban J connectivity index is 5.42. The molecule has 17 heavy (non-hydrogen) atoms. The van der Waals surface area contributed by atoms with Crippen LogP contribution in [0.2, 0.25) is 39.3 Å². The molecule has 0 aromatic rings. The summed E-state index contributed by atoms with van der Waals surface area (Å²) in [6.07, 6.45) is 0. The molecule has 0 aliphatic heterocycles. The summed E-state index contributed by atoms with van der Waals surface area (Å²) in [5, 5.41) is 0. The van der Waals surface area contributed by atoms with Crippen LogP contribution in [0.5, 0.6) is 0 Å². The van der Waals surface area contributed by atoms with E-state index in [2.05, 4.69) is 19.6 Å². The summed E-state index contributed by atoms with van der Waals surface area (Å²) in [5.41, 5.74) is 2.35. The van der Waals surface area contributed by atoms with E-state index in [0.29, 0.717) is 5.50 Å². The van der Waals surface area contributed by atoms with Crippen molar-refractivity contribution in [2.24, 2.45) is 0 Å². The fourth-order valence-corrected chi connectivity index (χ4v) is 6.28. The first-order valence-electron chi connectivity index (χ1n) is 5.57. The smallest absolute Gasteiger partial charge is 0.393 e. The van der Waals surface area contributed by atoms with Crippen LogP contribution in [0.1, 0.15) is 0 Å². The molecule has 0 radical (unpaired) electrons. The highest BCUT2D eigenvalue weighted by molar-refractivity contribution is 7.58. The Morgan fingerprint density at radius 1 is 1.00 bits per heavy atom. The van der Waals surface area contributed by atoms with E-state index in [0.717, 1.165) is 0 Å². The van der Waals surface area contributed by atoms with Gasteiger partial charge in [0.05, 0.1) is 8.07 Å². The van der Waals surface area contributed by atoms with Gasteiger partial charge in [0, 0.05) is 14.2 Å². The monoisotopic (exact) mass is 296 g/mol. The summed E-state index contributed by atoms with van der Waals surface area (Å²) in [4.78, 5) is 0. The fraction of sp³-hybridized carbons (Fsp3) is 0.800. The second kappa shape index (κ2) is 5.84. The molecule has 0 aliphatic rings. The summed E-state index contributed by atoms with van der Waals surface area (Å²) in [6, 6.07) is 0. The van der Waals surface area contributed by atoms with Crippen molar-refractivity contribution in [3.63, 3.8) is 0 Å². The fourth-order valence-electron chi connectivity index (χ4n) is 1.10. The molecule has 0 fully saturated rings. The number of hydrogen-bond donors (Lipinski definition) is 0. The lowest BCUT2D eigenvalue weighted by Gasteiger charge is -2.27. The van der Waals surface area contributed by atoms with E-state index >= 15 is 0 Å². The van der Waals surface area contributed by atoms with Crippen molar-refractivity contribution in [2.75, 3.05) is 14.2 Å². The summed E-state index contributed by atoms with van der Waals surface area (Å²) in [5.74, 6) is 0. The van der Waals surface area contributed by atoms with Gasteiger partial charge in [-0.1, -0.05) is 19.6 Å². The minimum atomic E-state index is -3.28. The zero-order chi connectivity index (χ0) is 13.9. The van der Waals surface area contributed by atoms with E-state index in [4.69, 9.17) is 13.5 Å². The molecule has 0 saturated heterocycles. The third-order valence-electron chi connectivity index (χ3n) is 1.72. The van der Waals surface area contributed by atoms with Crippen LogP contribution in [-0.2, 0) is 18.0 Å². The molecule has 0 heterocycles. The van der Waals surface area contributed by atoms with Gasteiger partial charge in [-0.3, -0.25) is 4.57 Å². The molecule has 0 atom stereocenters. The van der Waals surface area contributed by atoms with Crippen molar-refractivity contribution >= 4 is 24.0 Å². The molecule has 0 aromatic heterocycles. The molecular weight excluding hydrogens is 271 g/mol. The van der Waals surface area contributed by atoms with Gasteiger partial charge in [-0.25, -0.2) is 0 Å². The minimum absolute atomic E-state index is 0.390. The SMILES string of the molecule is COP(=O)(OC)C(=C[Si](C)(C)C)O[Si](C)(C)C. The zero-order valence-electron chi connectivity index (χ0n) is 12.2. The van der Waals surface area contributed by atoms with Crippen LogP contribution in [0.4, 0.5) is 0 Å². The van der Waals surface area contributed by atoms with Gasteiger partial charge in [-0.05, 0) is 25.3 Å². The van der Waals surface area contributed by atoms with Crippen LogP contribution >= 0.6 is 7.60 Å². The summed E-state index contributed by atoms with van der Waals surface area (Å²) in [7, 11) is -3.91. The second-order valence-electron chi connectivity index (χ2n) is 5.93. The summed E-state index contributed by atoms with van der Waals surface area (Å²) < 4.78 is 28.3. The molecule has 0 rings (SSSR count). The first kappa shape index (κ1) is 17.1. The van der Waals surface area contributed by atoms with E-state index in [-0.39, 0.29) is 0 Å². The standard InChI is InChI=1S/C10H25O4PSi2/c1-12-15(11,13-2)10(9-16(3,4)5)14-17(6,7)8/h9H,1-8H3. The lowest BCUT2D eigenvalue weighted by molar-refractivity contribution is 0.263. The van der Waals surface area contributed by atoms with Gasteiger partial charge in [-0.15, -0.1) is 0 Å². The van der Waals surface area contributed by atoms with Crippen LogP contribution in [0, 0.1) is 0 Å². The van der Waals surface area contributed by atoms with Gasteiger partial charge >= 0.3 is 7.60 Å². The molecule has 0 N–H and O–H groups in total. The van der Waals surface area contributed by atoms with Crippen molar-refractivity contribution in [3.05, 3.63) is 11.2 Å². The Morgan fingerprint density at radius 2 is 1.41 bits per heavy atom. The zero-order valence-corrected chi connectivity index (χ0v) is 15.1. The van der Waals surface area contributed by atoms with Crippen LogP contribution in [0.25, 0.3) is 0 Å². The highest BCUT2D eigenvalue weighted by atomic mass is 31.2. The van der Waals surface area contributed by atoms with Crippen LogP contribution in [0.15, 0.2) is 11.2 Å². The predicted molar refractivity (Wildman–Crippen MR) is 77.5 cm³/mol. The van der Waals surface area contributed by atoms with Gasteiger partial charge < -0.3 is 13.5 Å². The first-order valence-corrected chi connectivity index (χ1v) is 14.1. The van der Waals surface area contributed by atoms with Crippen molar-refractivity contribution in [2.45, 2.75) is 39.3 Å². The third-order valence-corrected chi connectivity index (χ3v) is 5.81. The van der Waals surface area contributed by atoms with E-state index in [1.165, 1.54) is 14.2 Å². The van der Waals surface area contributed by atoms with E-state index in [1.54, 1.807) is 0 Å². The topological polar surface area (TPSA) is 44.8 Å². The Kier molecular flexibility index (Phi) is 5.89. The normalized spacial score (nSPS) is 14.9. The summed E-state index contributed by atoms with van der Waals surface area (Å²) in [6.45, 7) is 12.6.